The molecule has 0 aliphatic rings. The van der Waals surface area contributed by atoms with E-state index in [1.54, 1.807) is 25.2 Å². The minimum atomic E-state index is -0.405. The number of benzene rings is 1. The average Bonchev–Trinajstić information content (AvgIpc) is 2.27. The Kier molecular flexibility index (Phi) is 4.46. The zero-order chi connectivity index (χ0) is 13.9. The van der Waals surface area contributed by atoms with Crippen LogP contribution < -0.4 is 10.6 Å². The van der Waals surface area contributed by atoms with Gasteiger partial charge in [-0.05, 0) is 17.5 Å². The first kappa shape index (κ1) is 14.6. The Labute approximate surface area is 108 Å². The number of nitrogens with two attached hydrogens (primary N) is 1. The Bertz CT molecular complexity index is 426. The van der Waals surface area contributed by atoms with Crippen molar-refractivity contribution in [2.45, 2.75) is 33.2 Å². The zero-order valence-electron chi connectivity index (χ0n) is 11.4. The van der Waals surface area contributed by atoms with E-state index in [9.17, 15) is 9.18 Å². The highest BCUT2D eigenvalue weighted by atomic mass is 19.1. The molecule has 0 bridgehead atoms. The average molecular weight is 252 g/mol. The van der Waals surface area contributed by atoms with Crippen LogP contribution in [0, 0.1) is 11.2 Å². The number of carbonyl (C=O) groups excluding carboxylic acids is 1. The molecule has 1 aromatic rings. The minimum Gasteiger partial charge on any atom is -0.327 e. The molecule has 0 aromatic heterocycles. The Morgan fingerprint density at radius 3 is 2.44 bits per heavy atom. The molecule has 0 heterocycles. The van der Waals surface area contributed by atoms with Crippen LogP contribution in [0.4, 0.5) is 10.1 Å². The van der Waals surface area contributed by atoms with Crippen LogP contribution in [0.25, 0.3) is 0 Å². The van der Waals surface area contributed by atoms with Crippen molar-refractivity contribution in [3.63, 3.8) is 0 Å². The van der Waals surface area contributed by atoms with Gasteiger partial charge in [0.25, 0.3) is 0 Å². The molecule has 0 radical (unpaired) electrons. The number of rotatable bonds is 3. The number of amides is 1. The molecule has 1 amide bonds. The van der Waals surface area contributed by atoms with Gasteiger partial charge in [-0.1, -0.05) is 32.9 Å². The Balaban J connectivity index is 2.77. The van der Waals surface area contributed by atoms with E-state index in [0.29, 0.717) is 0 Å². The van der Waals surface area contributed by atoms with Crippen LogP contribution in [0.15, 0.2) is 24.3 Å². The maximum atomic E-state index is 13.5. The fourth-order valence-electron chi connectivity index (χ4n) is 1.49. The largest absolute Gasteiger partial charge is 0.327 e. The molecule has 0 fully saturated rings. The molecule has 0 aliphatic heterocycles. The maximum Gasteiger partial charge on any atom is 0.228 e. The Hall–Kier alpha value is -1.42. The maximum absolute atomic E-state index is 13.5. The van der Waals surface area contributed by atoms with Gasteiger partial charge >= 0.3 is 0 Å². The molecular formula is C14H21FN2O. The summed E-state index contributed by atoms with van der Waals surface area (Å²) in [5.74, 6) is -0.583. The second-order valence-corrected chi connectivity index (χ2v) is 5.58. The molecular weight excluding hydrogens is 231 g/mol. The van der Waals surface area contributed by atoms with Crippen molar-refractivity contribution < 1.29 is 9.18 Å². The predicted molar refractivity (Wildman–Crippen MR) is 71.9 cm³/mol. The van der Waals surface area contributed by atoms with E-state index >= 15 is 0 Å². The molecule has 0 saturated carbocycles. The normalized spacial score (nSPS) is 13.2. The van der Waals surface area contributed by atoms with E-state index in [-0.39, 0.29) is 29.5 Å². The number of nitrogens with zero attached hydrogens (tertiary/aromatic N) is 1. The molecule has 3 nitrogen and oxygen atoms in total. The first-order chi connectivity index (χ1) is 8.23. The molecule has 1 rings (SSSR count). The monoisotopic (exact) mass is 252 g/mol. The SMILES string of the molecule is CN(C(=O)CC(N)C(C)(C)C)c1ccccc1F. The van der Waals surface area contributed by atoms with Crippen LogP contribution in [0.1, 0.15) is 27.2 Å². The Morgan fingerprint density at radius 2 is 1.94 bits per heavy atom. The summed E-state index contributed by atoms with van der Waals surface area (Å²) in [5, 5.41) is 0. The second-order valence-electron chi connectivity index (χ2n) is 5.58. The van der Waals surface area contributed by atoms with Crippen LogP contribution in [0.5, 0.6) is 0 Å². The molecule has 4 heteroatoms. The fourth-order valence-corrected chi connectivity index (χ4v) is 1.49. The molecule has 0 spiro atoms. The van der Waals surface area contributed by atoms with Gasteiger partial charge < -0.3 is 10.6 Å². The number of halogens is 1. The summed E-state index contributed by atoms with van der Waals surface area (Å²) in [7, 11) is 1.57. The highest BCUT2D eigenvalue weighted by Gasteiger charge is 2.25. The second kappa shape index (κ2) is 5.48. The van der Waals surface area contributed by atoms with E-state index in [2.05, 4.69) is 0 Å². The lowest BCUT2D eigenvalue weighted by atomic mass is 9.85. The minimum absolute atomic E-state index is 0.147. The summed E-state index contributed by atoms with van der Waals surface area (Å²) in [6.45, 7) is 5.94. The van der Waals surface area contributed by atoms with Crippen molar-refractivity contribution >= 4 is 11.6 Å². The van der Waals surface area contributed by atoms with Gasteiger partial charge in [-0.25, -0.2) is 4.39 Å². The third-order valence-electron chi connectivity index (χ3n) is 3.09. The highest BCUT2D eigenvalue weighted by molar-refractivity contribution is 5.93. The topological polar surface area (TPSA) is 46.3 Å². The van der Waals surface area contributed by atoms with Crippen LogP contribution >= 0.6 is 0 Å². The number of carbonyl (C=O) groups is 1. The molecule has 0 saturated heterocycles. The van der Waals surface area contributed by atoms with E-state index in [0.717, 1.165) is 0 Å². The van der Waals surface area contributed by atoms with Crippen molar-refractivity contribution in [2.24, 2.45) is 11.1 Å². The van der Waals surface area contributed by atoms with Crippen molar-refractivity contribution in [3.05, 3.63) is 30.1 Å². The summed E-state index contributed by atoms with van der Waals surface area (Å²) in [4.78, 5) is 13.4. The van der Waals surface area contributed by atoms with Crippen molar-refractivity contribution in [2.75, 3.05) is 11.9 Å². The van der Waals surface area contributed by atoms with Crippen LogP contribution in [0.2, 0.25) is 0 Å². The van der Waals surface area contributed by atoms with E-state index < -0.39 is 5.82 Å². The van der Waals surface area contributed by atoms with Gasteiger partial charge in [0.1, 0.15) is 5.82 Å². The lowest BCUT2D eigenvalue weighted by Gasteiger charge is -2.28. The van der Waals surface area contributed by atoms with Crippen LogP contribution in [-0.2, 0) is 4.79 Å². The third kappa shape index (κ3) is 3.53. The number of hydrogen-bond acceptors (Lipinski definition) is 2. The number of anilines is 1. The quantitative estimate of drug-likeness (QED) is 0.898. The smallest absolute Gasteiger partial charge is 0.228 e. The van der Waals surface area contributed by atoms with Gasteiger partial charge in [0.2, 0.25) is 5.91 Å². The van der Waals surface area contributed by atoms with Gasteiger partial charge in [-0.3, -0.25) is 4.79 Å². The standard InChI is InChI=1S/C14H21FN2O/c1-14(2,3)12(16)9-13(18)17(4)11-8-6-5-7-10(11)15/h5-8,12H,9,16H2,1-4H3. The molecule has 0 aliphatic carbocycles. The summed E-state index contributed by atoms with van der Waals surface area (Å²) in [5.41, 5.74) is 6.10. The molecule has 100 valence electrons. The summed E-state index contributed by atoms with van der Waals surface area (Å²) < 4.78 is 13.5. The number of hydrogen-bond donors (Lipinski definition) is 1. The lowest BCUT2D eigenvalue weighted by molar-refractivity contribution is -0.119. The van der Waals surface area contributed by atoms with E-state index in [4.69, 9.17) is 5.73 Å². The number of para-hydroxylation sites is 1. The predicted octanol–water partition coefficient (Wildman–Crippen LogP) is 2.55. The summed E-state index contributed by atoms with van der Waals surface area (Å²) >= 11 is 0. The van der Waals surface area contributed by atoms with E-state index in [1.807, 2.05) is 20.8 Å². The van der Waals surface area contributed by atoms with Gasteiger partial charge in [-0.2, -0.15) is 0 Å². The molecule has 1 atom stereocenters. The van der Waals surface area contributed by atoms with Gasteiger partial charge in [0.15, 0.2) is 0 Å². The van der Waals surface area contributed by atoms with Crippen molar-refractivity contribution in [1.82, 2.24) is 0 Å². The van der Waals surface area contributed by atoms with Gasteiger partial charge in [0, 0.05) is 19.5 Å². The Morgan fingerprint density at radius 1 is 1.39 bits per heavy atom. The molecule has 18 heavy (non-hydrogen) atoms. The fraction of sp³-hybridized carbons (Fsp3) is 0.500. The molecule has 1 unspecified atom stereocenters. The summed E-state index contributed by atoms with van der Waals surface area (Å²) in [6.07, 6.45) is 0.203. The first-order valence-electron chi connectivity index (χ1n) is 6.00. The van der Waals surface area contributed by atoms with Crippen molar-refractivity contribution in [1.29, 1.82) is 0 Å². The zero-order valence-corrected chi connectivity index (χ0v) is 11.4. The first-order valence-corrected chi connectivity index (χ1v) is 6.00. The van der Waals surface area contributed by atoms with Gasteiger partial charge in [0.05, 0.1) is 5.69 Å². The van der Waals surface area contributed by atoms with Crippen molar-refractivity contribution in [3.8, 4) is 0 Å². The third-order valence-corrected chi connectivity index (χ3v) is 3.09. The molecule has 2 N–H and O–H groups in total. The van der Waals surface area contributed by atoms with Crippen LogP contribution in [0.3, 0.4) is 0 Å². The van der Waals surface area contributed by atoms with E-state index in [1.165, 1.54) is 11.0 Å². The summed E-state index contributed by atoms with van der Waals surface area (Å²) in [6, 6.07) is 5.96. The van der Waals surface area contributed by atoms with Gasteiger partial charge in [-0.15, -0.1) is 0 Å². The molecule has 1 aromatic carbocycles. The van der Waals surface area contributed by atoms with Crippen LogP contribution in [-0.4, -0.2) is 19.0 Å². The lowest BCUT2D eigenvalue weighted by Crippen LogP contribution is -2.40. The highest BCUT2D eigenvalue weighted by Crippen LogP contribution is 2.22.